The number of hydrogen-bond donors (Lipinski definition) is 3. The van der Waals surface area contributed by atoms with Gasteiger partial charge in [-0.3, -0.25) is 4.79 Å². The summed E-state index contributed by atoms with van der Waals surface area (Å²) in [5.41, 5.74) is 0. The number of aliphatic hydroxyl groups is 3. The maximum absolute atomic E-state index is 12.2. The van der Waals surface area contributed by atoms with E-state index in [1.54, 1.807) is 6.08 Å². The zero-order valence-corrected chi connectivity index (χ0v) is 15.6. The minimum absolute atomic E-state index is 0.179. The van der Waals surface area contributed by atoms with Crippen LogP contribution in [0.1, 0.15) is 77.6 Å². The third kappa shape index (κ3) is 6.19. The highest BCUT2D eigenvalue weighted by Crippen LogP contribution is 2.37. The van der Waals surface area contributed by atoms with Crippen molar-refractivity contribution < 1.29 is 20.1 Å². The molecule has 2 aliphatic carbocycles. The van der Waals surface area contributed by atoms with E-state index in [-0.39, 0.29) is 17.6 Å². The molecule has 25 heavy (non-hydrogen) atoms. The highest BCUT2D eigenvalue weighted by Gasteiger charge is 2.41. The van der Waals surface area contributed by atoms with E-state index in [2.05, 4.69) is 6.92 Å². The van der Waals surface area contributed by atoms with Gasteiger partial charge < -0.3 is 15.3 Å². The zero-order valence-electron chi connectivity index (χ0n) is 15.6. The predicted molar refractivity (Wildman–Crippen MR) is 99.1 cm³/mol. The fourth-order valence-corrected chi connectivity index (χ4v) is 4.48. The number of ketones is 1. The van der Waals surface area contributed by atoms with Crippen molar-refractivity contribution in [2.75, 3.05) is 0 Å². The molecule has 0 unspecified atom stereocenters. The molecule has 0 spiro atoms. The first-order chi connectivity index (χ1) is 12.0. The van der Waals surface area contributed by atoms with Crippen molar-refractivity contribution in [3.8, 4) is 0 Å². The lowest BCUT2D eigenvalue weighted by atomic mass is 9.83. The first kappa shape index (κ1) is 20.6. The van der Waals surface area contributed by atoms with Crippen molar-refractivity contribution >= 4 is 5.78 Å². The standard InChI is InChI=1S/C21H36O4/c1-2-3-5-10-16(22)13-18-17(20(24)14-21(18)25)11-12-19(23)15-8-6-4-7-9-15/h11-12,15,17-21,23-25H,2-10,13-14H2,1H3/b12-11+/t17-,18-,19-,20-,21+/m1/s1. The minimum atomic E-state index is -0.633. The second-order valence-corrected chi connectivity index (χ2v) is 8.09. The average molecular weight is 353 g/mol. The second kappa shape index (κ2) is 10.4. The molecule has 144 valence electrons. The molecule has 2 rings (SSSR count). The third-order valence-electron chi connectivity index (χ3n) is 6.10. The lowest BCUT2D eigenvalue weighted by Gasteiger charge is -2.25. The van der Waals surface area contributed by atoms with Crippen molar-refractivity contribution in [1.82, 2.24) is 0 Å². The van der Waals surface area contributed by atoms with E-state index in [0.29, 0.717) is 25.2 Å². The van der Waals surface area contributed by atoms with Gasteiger partial charge in [-0.15, -0.1) is 0 Å². The van der Waals surface area contributed by atoms with Gasteiger partial charge in [-0.2, -0.15) is 0 Å². The van der Waals surface area contributed by atoms with Gasteiger partial charge in [0.25, 0.3) is 0 Å². The number of Topliss-reactive ketones (excluding diaryl/α,β-unsaturated/α-hetero) is 1. The monoisotopic (exact) mass is 352 g/mol. The summed E-state index contributed by atoms with van der Waals surface area (Å²) in [6, 6.07) is 0. The van der Waals surface area contributed by atoms with Crippen LogP contribution in [0.25, 0.3) is 0 Å². The highest BCUT2D eigenvalue weighted by molar-refractivity contribution is 5.78. The molecular formula is C21H36O4. The Kier molecular flexibility index (Phi) is 8.60. The lowest BCUT2D eigenvalue weighted by Crippen LogP contribution is -2.25. The van der Waals surface area contributed by atoms with Crippen molar-refractivity contribution in [1.29, 1.82) is 0 Å². The Bertz CT molecular complexity index is 428. The maximum atomic E-state index is 12.2. The first-order valence-electron chi connectivity index (χ1n) is 10.3. The van der Waals surface area contributed by atoms with E-state index in [9.17, 15) is 20.1 Å². The Labute approximate surface area is 152 Å². The van der Waals surface area contributed by atoms with E-state index >= 15 is 0 Å². The molecule has 0 bridgehead atoms. The van der Waals surface area contributed by atoms with Crippen LogP contribution in [0, 0.1) is 17.8 Å². The fourth-order valence-electron chi connectivity index (χ4n) is 4.48. The molecule has 0 saturated heterocycles. The minimum Gasteiger partial charge on any atom is -0.393 e. The molecule has 2 fully saturated rings. The number of hydrogen-bond acceptors (Lipinski definition) is 4. The van der Waals surface area contributed by atoms with E-state index in [1.807, 2.05) is 6.08 Å². The normalized spacial score (nSPS) is 32.3. The molecule has 0 radical (unpaired) electrons. The van der Waals surface area contributed by atoms with Crippen LogP contribution in [0.3, 0.4) is 0 Å². The van der Waals surface area contributed by atoms with Crippen molar-refractivity contribution in [2.45, 2.75) is 95.9 Å². The Balaban J connectivity index is 1.91. The third-order valence-corrected chi connectivity index (χ3v) is 6.10. The fraction of sp³-hybridized carbons (Fsp3) is 0.857. The Morgan fingerprint density at radius 1 is 1.12 bits per heavy atom. The summed E-state index contributed by atoms with van der Waals surface area (Å²) < 4.78 is 0. The lowest BCUT2D eigenvalue weighted by molar-refractivity contribution is -0.121. The Morgan fingerprint density at radius 3 is 2.52 bits per heavy atom. The molecule has 0 heterocycles. The summed E-state index contributed by atoms with van der Waals surface area (Å²) in [6.45, 7) is 2.11. The molecule has 4 nitrogen and oxygen atoms in total. The Hall–Kier alpha value is -0.710. The van der Waals surface area contributed by atoms with E-state index in [0.717, 1.165) is 32.1 Å². The number of rotatable bonds is 9. The molecule has 2 saturated carbocycles. The van der Waals surface area contributed by atoms with Gasteiger partial charge in [0, 0.05) is 31.1 Å². The number of carbonyl (C=O) groups excluding carboxylic acids is 1. The molecular weight excluding hydrogens is 316 g/mol. The Morgan fingerprint density at radius 2 is 1.84 bits per heavy atom. The van der Waals surface area contributed by atoms with E-state index in [1.165, 1.54) is 19.3 Å². The van der Waals surface area contributed by atoms with Crippen LogP contribution in [-0.4, -0.2) is 39.4 Å². The van der Waals surface area contributed by atoms with Crippen LogP contribution >= 0.6 is 0 Å². The van der Waals surface area contributed by atoms with Crippen molar-refractivity contribution in [2.24, 2.45) is 17.8 Å². The number of unbranched alkanes of at least 4 members (excludes halogenated alkanes) is 2. The zero-order chi connectivity index (χ0) is 18.2. The molecule has 0 aromatic heterocycles. The van der Waals surface area contributed by atoms with Crippen LogP contribution in [-0.2, 0) is 4.79 Å². The molecule has 0 aromatic rings. The van der Waals surface area contributed by atoms with Gasteiger partial charge in [0.1, 0.15) is 5.78 Å². The van der Waals surface area contributed by atoms with Gasteiger partial charge in [-0.05, 0) is 25.2 Å². The predicted octanol–water partition coefficient (Wildman–Crippen LogP) is 3.38. The van der Waals surface area contributed by atoms with Crippen molar-refractivity contribution in [3.05, 3.63) is 12.2 Å². The molecule has 0 aliphatic heterocycles. The van der Waals surface area contributed by atoms with Crippen LogP contribution in [0.5, 0.6) is 0 Å². The first-order valence-corrected chi connectivity index (χ1v) is 10.3. The summed E-state index contributed by atoms with van der Waals surface area (Å²) in [5, 5.41) is 30.9. The summed E-state index contributed by atoms with van der Waals surface area (Å²) in [5.74, 6) is 0.0303. The quantitative estimate of drug-likeness (QED) is 0.439. The molecule has 5 atom stereocenters. The van der Waals surface area contributed by atoms with Crippen LogP contribution < -0.4 is 0 Å². The average Bonchev–Trinajstić information content (AvgIpc) is 2.87. The number of aliphatic hydroxyl groups excluding tert-OH is 3. The van der Waals surface area contributed by atoms with E-state index < -0.39 is 18.3 Å². The summed E-state index contributed by atoms with van der Waals surface area (Å²) in [7, 11) is 0. The van der Waals surface area contributed by atoms with Crippen LogP contribution in [0.2, 0.25) is 0 Å². The second-order valence-electron chi connectivity index (χ2n) is 8.09. The van der Waals surface area contributed by atoms with Gasteiger partial charge >= 0.3 is 0 Å². The summed E-state index contributed by atoms with van der Waals surface area (Å²) in [4.78, 5) is 12.2. The summed E-state index contributed by atoms with van der Waals surface area (Å²) >= 11 is 0. The highest BCUT2D eigenvalue weighted by atomic mass is 16.3. The van der Waals surface area contributed by atoms with Gasteiger partial charge in [0.05, 0.1) is 18.3 Å². The van der Waals surface area contributed by atoms with Gasteiger partial charge in [-0.1, -0.05) is 51.2 Å². The van der Waals surface area contributed by atoms with Crippen LogP contribution in [0.15, 0.2) is 12.2 Å². The largest absolute Gasteiger partial charge is 0.393 e. The smallest absolute Gasteiger partial charge is 0.133 e. The molecule has 0 amide bonds. The SMILES string of the molecule is CCCCCC(=O)C[C@@H]1[C@@H](/C=C/[C@@H](O)C2CCCCC2)[C@H](O)C[C@@H]1O. The maximum Gasteiger partial charge on any atom is 0.133 e. The summed E-state index contributed by atoms with van der Waals surface area (Å²) in [6.07, 6.45) is 11.9. The number of carbonyl (C=O) groups is 1. The van der Waals surface area contributed by atoms with Gasteiger partial charge in [-0.25, -0.2) is 0 Å². The van der Waals surface area contributed by atoms with Gasteiger partial charge in [0.15, 0.2) is 0 Å². The molecule has 3 N–H and O–H groups in total. The van der Waals surface area contributed by atoms with Crippen molar-refractivity contribution in [3.63, 3.8) is 0 Å². The molecule has 4 heteroatoms. The molecule has 2 aliphatic rings. The topological polar surface area (TPSA) is 77.8 Å². The van der Waals surface area contributed by atoms with E-state index in [4.69, 9.17) is 0 Å². The van der Waals surface area contributed by atoms with Gasteiger partial charge in [0.2, 0.25) is 0 Å². The molecule has 0 aromatic carbocycles. The van der Waals surface area contributed by atoms with Crippen LogP contribution in [0.4, 0.5) is 0 Å².